The molecule has 0 radical (unpaired) electrons. The van der Waals surface area contributed by atoms with Crippen LogP contribution in [0.1, 0.15) is 210 Å². The number of nitrogens with zero attached hydrogens (tertiary/aromatic N) is 27. The third-order valence-corrected chi connectivity index (χ3v) is 31.0. The van der Waals surface area contributed by atoms with Crippen LogP contribution in [0.4, 0.5) is 43.7 Å². The summed E-state index contributed by atoms with van der Waals surface area (Å²) in [7, 11) is 11.6. The smallest absolute Gasteiger partial charge is 0.187 e. The number of halogens is 6. The van der Waals surface area contributed by atoms with Gasteiger partial charge in [-0.2, -0.15) is 84.7 Å². The minimum Gasteiger partial charge on any atom is -0.383 e. The van der Waals surface area contributed by atoms with Crippen LogP contribution < -0.4 is 39.7 Å². The molecule has 35 nitrogen and oxygen atoms in total. The molecule has 3 saturated heterocycles. The SMILES string of the molecule is Cn1cc(-c2cnn3c(N)c(Cl)c(C4CCCCC4)nc23)cn1.Cn1cc(-c2cnn3c(N)c(F)c(C4CCCCC4)nc23)cn1.Cn1cc(-c2cnn3c(N)c(F)c(C4CCCCC4)nc23)cn1.Cn1ccc(-c2cnn3c(N)c(Br)c(C4CCCCO4)nc23)c1.Cn1ccc(-c2cnn3c(N)c(Br)c(C4CCCCS4)nc23)c1.Cn1ccc(-c2cnn3c(N)c(Br)c(C4CCNC4)nc23)c1. The summed E-state index contributed by atoms with van der Waals surface area (Å²) in [5, 5.41) is 42.9. The second kappa shape index (κ2) is 40.5. The maximum Gasteiger partial charge on any atom is 0.187 e. The molecule has 3 saturated carbocycles. The van der Waals surface area contributed by atoms with Gasteiger partial charge >= 0.3 is 0 Å². The first-order valence-electron chi connectivity index (χ1n) is 46.6. The highest BCUT2D eigenvalue weighted by Crippen LogP contribution is 2.47. The van der Waals surface area contributed by atoms with Crippen LogP contribution in [0.15, 0.2) is 143 Å². The van der Waals surface area contributed by atoms with Crippen molar-refractivity contribution in [3.63, 3.8) is 0 Å². The van der Waals surface area contributed by atoms with Crippen molar-refractivity contribution in [3.05, 3.63) is 194 Å². The van der Waals surface area contributed by atoms with Crippen molar-refractivity contribution in [2.75, 3.05) is 59.9 Å². The van der Waals surface area contributed by atoms with Crippen LogP contribution in [0.2, 0.25) is 5.02 Å². The highest BCUT2D eigenvalue weighted by Gasteiger charge is 2.33. The molecule has 3 aliphatic carbocycles. The fourth-order valence-corrected chi connectivity index (χ4v) is 22.8. The molecule has 0 bridgehead atoms. The third kappa shape index (κ3) is 19.0. The van der Waals surface area contributed by atoms with E-state index >= 15 is 0 Å². The zero-order valence-electron chi connectivity index (χ0n) is 77.1. The number of hydrogen-bond donors (Lipinski definition) is 7. The molecule has 0 amide bonds. The molecule has 42 heteroatoms. The number of anilines is 6. The molecule has 21 heterocycles. The number of fused-ring (bicyclic) bond motifs is 6. The lowest BCUT2D eigenvalue weighted by Crippen LogP contribution is -2.15. The summed E-state index contributed by atoms with van der Waals surface area (Å²) >= 11 is 19.3. The van der Waals surface area contributed by atoms with Crippen molar-refractivity contribution in [1.82, 2.24) is 136 Å². The highest BCUT2D eigenvalue weighted by molar-refractivity contribution is 9.11. The summed E-state index contributed by atoms with van der Waals surface area (Å²) in [4.78, 5) is 28.8. The third-order valence-electron chi connectivity index (χ3n) is 26.8. The van der Waals surface area contributed by atoms with Crippen molar-refractivity contribution in [3.8, 4) is 66.8 Å². The second-order valence-corrected chi connectivity index (χ2v) is 40.3. The molecule has 6 fully saturated rings. The van der Waals surface area contributed by atoms with Gasteiger partial charge in [0.2, 0.25) is 0 Å². The molecule has 0 spiro atoms. The summed E-state index contributed by atoms with van der Waals surface area (Å²) in [5.41, 5.74) is 57.9. The summed E-state index contributed by atoms with van der Waals surface area (Å²) in [6.45, 7) is 2.74. The van der Waals surface area contributed by atoms with Gasteiger partial charge in [0.05, 0.1) is 103 Å². The monoisotopic (exact) mass is 2080 g/mol. The molecule has 18 aromatic rings. The van der Waals surface area contributed by atoms with Gasteiger partial charge in [-0.25, -0.2) is 38.7 Å². The Morgan fingerprint density at radius 3 is 1.04 bits per heavy atom. The van der Waals surface area contributed by atoms with Crippen molar-refractivity contribution in [2.24, 2.45) is 42.3 Å². The number of nitrogens with one attached hydrogen (secondary N) is 1. The molecule has 24 rings (SSSR count). The average molecular weight is 2090 g/mol. The van der Waals surface area contributed by atoms with Gasteiger partial charge in [0.25, 0.3) is 0 Å². The van der Waals surface area contributed by atoms with Crippen LogP contribution in [0.25, 0.3) is 101 Å². The zero-order chi connectivity index (χ0) is 95.1. The van der Waals surface area contributed by atoms with E-state index < -0.39 is 11.6 Å². The van der Waals surface area contributed by atoms with Gasteiger partial charge in [-0.05, 0) is 155 Å². The van der Waals surface area contributed by atoms with Crippen LogP contribution in [0, 0.1) is 11.6 Å². The van der Waals surface area contributed by atoms with E-state index in [0.29, 0.717) is 68.1 Å². The Morgan fingerprint density at radius 1 is 0.350 bits per heavy atom. The number of ether oxygens (including phenoxy) is 1. The van der Waals surface area contributed by atoms with E-state index in [2.05, 4.69) is 133 Å². The van der Waals surface area contributed by atoms with Gasteiger partial charge in [0.1, 0.15) is 34.4 Å². The van der Waals surface area contributed by atoms with E-state index in [4.69, 9.17) is 70.7 Å². The quantitative estimate of drug-likeness (QED) is 0.0597. The van der Waals surface area contributed by atoms with Crippen molar-refractivity contribution in [1.29, 1.82) is 0 Å². The highest BCUT2D eigenvalue weighted by atomic mass is 79.9. The van der Waals surface area contributed by atoms with E-state index in [1.165, 1.54) is 59.7 Å². The number of hydrogen-bond acceptors (Lipinski definition) is 24. The van der Waals surface area contributed by atoms with Crippen molar-refractivity contribution < 1.29 is 13.5 Å². The largest absolute Gasteiger partial charge is 0.383 e. The van der Waals surface area contributed by atoms with Gasteiger partial charge in [-0.3, -0.25) is 14.0 Å². The van der Waals surface area contributed by atoms with E-state index in [1.807, 2.05) is 142 Å². The maximum atomic E-state index is 14.7. The summed E-state index contributed by atoms with van der Waals surface area (Å²) in [6, 6.07) is 6.19. The van der Waals surface area contributed by atoms with Crippen molar-refractivity contribution in [2.45, 2.75) is 176 Å². The van der Waals surface area contributed by atoms with Crippen molar-refractivity contribution >= 4 is 140 Å². The first-order valence-corrected chi connectivity index (χ1v) is 50.4. The zero-order valence-corrected chi connectivity index (χ0v) is 83.4. The van der Waals surface area contributed by atoms with E-state index in [-0.39, 0.29) is 29.6 Å². The Balaban J connectivity index is 0.000000105. The number of nitrogens with two attached hydrogens (primary N) is 6. The standard InChI is InChI=1S/C16H18BrN5O.C16H18BrN5S.C16H19ClN6.2C16H19FN6.C15H17BrN6/c2*1-21-6-5-10(9-21)11-8-19-22-15(18)13(17)14(20-16(11)22)12-4-2-3-7-23-12;3*1-22-9-11(7-19-22)12-8-20-23-15(18)13(17)14(21-16(12)23)10-5-3-2-4-6-10;1-21-5-3-10(8-21)11-7-19-22-14(17)12(16)13(20-15(11)22)9-2-4-18-6-9/h2*5-6,8-9,12H,2-4,7,18H2,1H3;3*7-10H,2-6,18H2,1H3;3,5,7-9,18H,2,4,6,17H2,1H3. The number of aryl methyl sites for hydroxylation is 6. The Bertz CT molecular complexity index is 6550. The number of rotatable bonds is 12. The lowest BCUT2D eigenvalue weighted by molar-refractivity contribution is 0.0120. The lowest BCUT2D eigenvalue weighted by atomic mass is 9.86. The van der Waals surface area contributed by atoms with E-state index in [0.717, 1.165) is 242 Å². The summed E-state index contributed by atoms with van der Waals surface area (Å²) < 4.78 is 58.5. The molecule has 3 unspecified atom stereocenters. The van der Waals surface area contributed by atoms with Crippen LogP contribution in [0.5, 0.6) is 0 Å². The van der Waals surface area contributed by atoms with E-state index in [1.54, 1.807) is 63.1 Å². The molecule has 137 heavy (non-hydrogen) atoms. The summed E-state index contributed by atoms with van der Waals surface area (Å²) in [5.74, 6) is 3.73. The van der Waals surface area contributed by atoms with Crippen LogP contribution in [-0.4, -0.2) is 156 Å². The molecular formula is C95H110Br3ClF2N34OS. The minimum atomic E-state index is -0.426. The molecule has 6 aliphatic rings. The first kappa shape index (κ1) is 93.8. The topological polar surface area (TPSA) is 427 Å². The predicted octanol–water partition coefficient (Wildman–Crippen LogP) is 18.7. The van der Waals surface area contributed by atoms with Gasteiger partial charge in [-0.15, -0.1) is 0 Å². The number of aromatic nitrogens is 27. The predicted molar refractivity (Wildman–Crippen MR) is 542 cm³/mol. The van der Waals surface area contributed by atoms with Gasteiger partial charge < -0.3 is 58.2 Å². The Morgan fingerprint density at radius 2 is 0.686 bits per heavy atom. The molecular weight excluding hydrogens is 1980 g/mol. The first-order chi connectivity index (χ1) is 66.4. The summed E-state index contributed by atoms with van der Waals surface area (Å²) in [6.07, 6.45) is 58.6. The Kier molecular flexibility index (Phi) is 27.7. The molecule has 3 aliphatic heterocycles. The molecule has 0 aromatic carbocycles. The van der Waals surface area contributed by atoms with Gasteiger partial charge in [0, 0.05) is 207 Å². The lowest BCUT2D eigenvalue weighted by Gasteiger charge is -2.23. The molecule has 3 atom stereocenters. The van der Waals surface area contributed by atoms with Crippen LogP contribution >= 0.6 is 71.2 Å². The fraction of sp³-hybridized carbons (Fsp3) is 0.400. The molecule has 13 N–H and O–H groups in total. The minimum absolute atomic E-state index is 0.0102. The Labute approximate surface area is 822 Å². The maximum absolute atomic E-state index is 14.7. The molecule has 714 valence electrons. The van der Waals surface area contributed by atoms with Crippen LogP contribution in [0.3, 0.4) is 0 Å². The number of thioether (sulfide) groups is 1. The number of nitrogen functional groups attached to an aromatic ring is 6. The van der Waals surface area contributed by atoms with E-state index in [9.17, 15) is 8.78 Å². The fourth-order valence-electron chi connectivity index (χ4n) is 19.4. The molecule has 18 aromatic heterocycles. The van der Waals surface area contributed by atoms with Crippen LogP contribution in [-0.2, 0) is 47.0 Å². The van der Waals surface area contributed by atoms with Gasteiger partial charge in [0.15, 0.2) is 57.2 Å². The average Bonchev–Trinajstić information content (AvgIpc) is 1.43. The normalized spacial score (nSPS) is 17.4. The van der Waals surface area contributed by atoms with Gasteiger partial charge in [-0.1, -0.05) is 75.8 Å². The Hall–Kier alpha value is -12.2. The second-order valence-electron chi connectivity index (χ2n) is 36.2.